The van der Waals surface area contributed by atoms with Crippen molar-refractivity contribution in [2.24, 2.45) is 0 Å². The van der Waals surface area contributed by atoms with E-state index in [2.05, 4.69) is 0 Å². The van der Waals surface area contributed by atoms with Crippen molar-refractivity contribution in [2.45, 2.75) is 6.92 Å². The standard InChI is InChI=1S/C11H8N2O4/c1-7-4-8(2-3-11(14)15)5-10(13(16)17)9(7)6-12/h2-5H,1H3,(H,14,15)/b3-2+. The number of aryl methyl sites for hydroxylation is 1. The van der Waals surface area contributed by atoms with Crippen LogP contribution >= 0.6 is 0 Å². The van der Waals surface area contributed by atoms with E-state index in [1.807, 2.05) is 0 Å². The van der Waals surface area contributed by atoms with Crippen molar-refractivity contribution in [1.29, 1.82) is 5.26 Å². The second-order valence-corrected chi connectivity index (χ2v) is 3.27. The Morgan fingerprint density at radius 2 is 2.24 bits per heavy atom. The van der Waals surface area contributed by atoms with E-state index in [1.54, 1.807) is 13.0 Å². The number of hydrogen-bond donors (Lipinski definition) is 1. The first-order valence-electron chi connectivity index (χ1n) is 4.56. The summed E-state index contributed by atoms with van der Waals surface area (Å²) in [5.41, 5.74) is 0.474. The van der Waals surface area contributed by atoms with Gasteiger partial charge in [0, 0.05) is 12.1 Å². The first-order chi connectivity index (χ1) is 7.95. The molecule has 0 aliphatic carbocycles. The fourth-order valence-corrected chi connectivity index (χ4v) is 1.35. The summed E-state index contributed by atoms with van der Waals surface area (Å²) in [6.45, 7) is 1.56. The molecule has 0 bridgehead atoms. The monoisotopic (exact) mass is 232 g/mol. The first-order valence-corrected chi connectivity index (χ1v) is 4.56. The van der Waals surface area contributed by atoms with E-state index in [0.717, 1.165) is 6.08 Å². The molecule has 1 aromatic carbocycles. The number of carboxylic acids is 1. The number of aliphatic carboxylic acids is 1. The molecule has 0 aliphatic rings. The number of nitrogens with zero attached hydrogens (tertiary/aromatic N) is 2. The molecule has 1 aromatic rings. The van der Waals surface area contributed by atoms with E-state index in [1.165, 1.54) is 18.2 Å². The molecule has 6 nitrogen and oxygen atoms in total. The van der Waals surface area contributed by atoms with Gasteiger partial charge >= 0.3 is 5.97 Å². The zero-order valence-electron chi connectivity index (χ0n) is 8.88. The molecule has 17 heavy (non-hydrogen) atoms. The van der Waals surface area contributed by atoms with Crippen molar-refractivity contribution in [1.82, 2.24) is 0 Å². The minimum absolute atomic E-state index is 0.0116. The lowest BCUT2D eigenvalue weighted by molar-refractivity contribution is -0.385. The maximum Gasteiger partial charge on any atom is 0.328 e. The van der Waals surface area contributed by atoms with Gasteiger partial charge in [-0.25, -0.2) is 4.79 Å². The molecule has 0 aromatic heterocycles. The quantitative estimate of drug-likeness (QED) is 0.486. The van der Waals surface area contributed by atoms with Gasteiger partial charge in [-0.05, 0) is 24.1 Å². The van der Waals surface area contributed by atoms with Gasteiger partial charge in [0.1, 0.15) is 11.6 Å². The minimum Gasteiger partial charge on any atom is -0.478 e. The predicted octanol–water partition coefficient (Wildman–Crippen LogP) is 1.87. The van der Waals surface area contributed by atoms with Crippen LogP contribution in [0, 0.1) is 28.4 Å². The second-order valence-electron chi connectivity index (χ2n) is 3.27. The molecule has 1 rings (SSSR count). The van der Waals surface area contributed by atoms with Crippen LogP contribution in [0.1, 0.15) is 16.7 Å². The summed E-state index contributed by atoms with van der Waals surface area (Å²) in [6, 6.07) is 4.45. The van der Waals surface area contributed by atoms with Crippen LogP contribution in [0.15, 0.2) is 18.2 Å². The molecule has 0 heterocycles. The lowest BCUT2D eigenvalue weighted by Crippen LogP contribution is -1.96. The third-order valence-corrected chi connectivity index (χ3v) is 2.06. The second kappa shape index (κ2) is 4.90. The molecular weight excluding hydrogens is 224 g/mol. The van der Waals surface area contributed by atoms with Gasteiger partial charge in [-0.3, -0.25) is 10.1 Å². The number of carbonyl (C=O) groups is 1. The highest BCUT2D eigenvalue weighted by Crippen LogP contribution is 2.24. The SMILES string of the molecule is Cc1cc(/C=C/C(=O)O)cc([N+](=O)[O-])c1C#N. The van der Waals surface area contributed by atoms with Crippen molar-refractivity contribution < 1.29 is 14.8 Å². The molecule has 0 aliphatic heterocycles. The molecule has 86 valence electrons. The highest BCUT2D eigenvalue weighted by molar-refractivity contribution is 5.85. The molecule has 0 spiro atoms. The van der Waals surface area contributed by atoms with Gasteiger partial charge in [-0.15, -0.1) is 0 Å². The zero-order chi connectivity index (χ0) is 13.0. The summed E-state index contributed by atoms with van der Waals surface area (Å²) >= 11 is 0. The normalized spacial score (nSPS) is 10.1. The Kier molecular flexibility index (Phi) is 3.57. The fraction of sp³-hybridized carbons (Fsp3) is 0.0909. The Morgan fingerprint density at radius 3 is 2.71 bits per heavy atom. The summed E-state index contributed by atoms with van der Waals surface area (Å²) in [4.78, 5) is 20.4. The van der Waals surface area contributed by atoms with Crippen molar-refractivity contribution in [3.05, 3.63) is 45.0 Å². The molecule has 0 saturated carbocycles. The summed E-state index contributed by atoms with van der Waals surface area (Å²) in [5.74, 6) is -1.14. The molecule has 0 saturated heterocycles. The van der Waals surface area contributed by atoms with Crippen LogP contribution in [0.3, 0.4) is 0 Å². The fourth-order valence-electron chi connectivity index (χ4n) is 1.35. The summed E-state index contributed by atoms with van der Waals surface area (Å²) in [5, 5.41) is 28.0. The zero-order valence-corrected chi connectivity index (χ0v) is 8.88. The van der Waals surface area contributed by atoms with Crippen LogP contribution in [0.5, 0.6) is 0 Å². The lowest BCUT2D eigenvalue weighted by atomic mass is 10.0. The van der Waals surface area contributed by atoms with E-state index in [4.69, 9.17) is 10.4 Å². The van der Waals surface area contributed by atoms with Gasteiger partial charge in [0.2, 0.25) is 0 Å². The van der Waals surface area contributed by atoms with Crippen LogP contribution < -0.4 is 0 Å². The van der Waals surface area contributed by atoms with E-state index >= 15 is 0 Å². The van der Waals surface area contributed by atoms with Crippen LogP contribution in [-0.2, 0) is 4.79 Å². The smallest absolute Gasteiger partial charge is 0.328 e. The van der Waals surface area contributed by atoms with Gasteiger partial charge in [0.15, 0.2) is 0 Å². The Labute approximate surface area is 96.6 Å². The summed E-state index contributed by atoms with van der Waals surface area (Å²) < 4.78 is 0. The van der Waals surface area contributed by atoms with E-state index in [-0.39, 0.29) is 11.3 Å². The van der Waals surface area contributed by atoms with Gasteiger partial charge < -0.3 is 5.11 Å². The van der Waals surface area contributed by atoms with Crippen molar-refractivity contribution in [3.8, 4) is 6.07 Å². The van der Waals surface area contributed by atoms with Gasteiger partial charge in [0.25, 0.3) is 5.69 Å². The van der Waals surface area contributed by atoms with Crippen molar-refractivity contribution in [2.75, 3.05) is 0 Å². The number of nitro groups is 1. The number of nitro benzene ring substituents is 1. The molecule has 0 unspecified atom stereocenters. The van der Waals surface area contributed by atoms with Crippen LogP contribution in [-0.4, -0.2) is 16.0 Å². The number of hydrogen-bond acceptors (Lipinski definition) is 4. The van der Waals surface area contributed by atoms with Gasteiger partial charge in [-0.1, -0.05) is 6.07 Å². The Balaban J connectivity index is 3.35. The van der Waals surface area contributed by atoms with Crippen LogP contribution in [0.25, 0.3) is 6.08 Å². The average molecular weight is 232 g/mol. The number of rotatable bonds is 3. The maximum atomic E-state index is 10.7. The van der Waals surface area contributed by atoms with Gasteiger partial charge in [0.05, 0.1) is 4.92 Å². The molecule has 6 heteroatoms. The molecule has 0 amide bonds. The van der Waals surface area contributed by atoms with E-state index < -0.39 is 10.9 Å². The van der Waals surface area contributed by atoms with Crippen LogP contribution in [0.2, 0.25) is 0 Å². The number of nitriles is 1. The third-order valence-electron chi connectivity index (χ3n) is 2.06. The van der Waals surface area contributed by atoms with Gasteiger partial charge in [-0.2, -0.15) is 5.26 Å². The third kappa shape index (κ3) is 2.89. The molecule has 1 N–H and O–H groups in total. The lowest BCUT2D eigenvalue weighted by Gasteiger charge is -2.01. The van der Waals surface area contributed by atoms with Crippen molar-refractivity contribution >= 4 is 17.7 Å². The molecule has 0 fully saturated rings. The Morgan fingerprint density at radius 1 is 1.59 bits per heavy atom. The van der Waals surface area contributed by atoms with E-state index in [9.17, 15) is 14.9 Å². The maximum absolute atomic E-state index is 10.7. The van der Waals surface area contributed by atoms with Crippen molar-refractivity contribution in [3.63, 3.8) is 0 Å². The number of carboxylic acid groups (broad SMARTS) is 1. The summed E-state index contributed by atoms with van der Waals surface area (Å²) in [7, 11) is 0. The minimum atomic E-state index is -1.14. The summed E-state index contributed by atoms with van der Waals surface area (Å²) in [6.07, 6.45) is 2.12. The Hall–Kier alpha value is -2.68. The molecule has 0 atom stereocenters. The Bertz CT molecular complexity index is 555. The molecule has 0 radical (unpaired) electrons. The van der Waals surface area contributed by atoms with E-state index in [0.29, 0.717) is 11.1 Å². The average Bonchev–Trinajstić information content (AvgIpc) is 2.25. The topological polar surface area (TPSA) is 104 Å². The predicted molar refractivity (Wildman–Crippen MR) is 59.2 cm³/mol. The highest BCUT2D eigenvalue weighted by Gasteiger charge is 2.16. The molecular formula is C11H8N2O4. The largest absolute Gasteiger partial charge is 0.478 e. The highest BCUT2D eigenvalue weighted by atomic mass is 16.6. The van der Waals surface area contributed by atoms with Crippen LogP contribution in [0.4, 0.5) is 5.69 Å². The first kappa shape index (κ1) is 12.4. The number of benzene rings is 1.